The number of hydrogen-bond donors (Lipinski definition) is 0. The van der Waals surface area contributed by atoms with Crippen molar-refractivity contribution in [3.8, 4) is 5.75 Å². The van der Waals surface area contributed by atoms with Crippen LogP contribution in [-0.4, -0.2) is 31.5 Å². The van der Waals surface area contributed by atoms with Gasteiger partial charge in [0, 0.05) is 13.1 Å². The van der Waals surface area contributed by atoms with Crippen molar-refractivity contribution < 1.29 is 9.53 Å². The van der Waals surface area contributed by atoms with Gasteiger partial charge in [-0.25, -0.2) is 0 Å². The van der Waals surface area contributed by atoms with E-state index in [-0.39, 0.29) is 6.04 Å². The van der Waals surface area contributed by atoms with E-state index in [2.05, 4.69) is 0 Å². The summed E-state index contributed by atoms with van der Waals surface area (Å²) in [4.78, 5) is 12.2. The van der Waals surface area contributed by atoms with Crippen molar-refractivity contribution in [2.75, 3.05) is 14.2 Å². The zero-order valence-corrected chi connectivity index (χ0v) is 9.43. The maximum atomic E-state index is 10.6. The number of hydrogen-bond acceptors (Lipinski definition) is 2. The van der Waals surface area contributed by atoms with Gasteiger partial charge >= 0.3 is 0 Å². The molecule has 0 aliphatic heterocycles. The van der Waals surface area contributed by atoms with Crippen LogP contribution in [-0.2, 0) is 11.2 Å². The molecule has 0 fully saturated rings. The predicted molar refractivity (Wildman–Crippen MR) is 60.0 cm³/mol. The monoisotopic (exact) mass is 207 g/mol. The molecule has 1 rings (SSSR count). The molecule has 0 aromatic heterocycles. The number of carbonyl (C=O) groups is 1. The molecule has 0 heterocycles. The summed E-state index contributed by atoms with van der Waals surface area (Å²) < 4.78 is 5.25. The highest BCUT2D eigenvalue weighted by Crippen LogP contribution is 2.19. The van der Waals surface area contributed by atoms with Crippen molar-refractivity contribution in [3.63, 3.8) is 0 Å². The van der Waals surface area contributed by atoms with Crippen LogP contribution < -0.4 is 4.74 Å². The van der Waals surface area contributed by atoms with Gasteiger partial charge < -0.3 is 9.64 Å². The van der Waals surface area contributed by atoms with Gasteiger partial charge in [-0.05, 0) is 25.0 Å². The normalized spacial score (nSPS) is 11.9. The lowest BCUT2D eigenvalue weighted by molar-refractivity contribution is -0.118. The Labute approximate surface area is 90.7 Å². The van der Waals surface area contributed by atoms with Crippen molar-refractivity contribution in [2.24, 2.45) is 0 Å². The Morgan fingerprint density at radius 1 is 1.47 bits per heavy atom. The summed E-state index contributed by atoms with van der Waals surface area (Å²) in [5, 5.41) is 0. The van der Waals surface area contributed by atoms with Crippen molar-refractivity contribution in [1.82, 2.24) is 4.90 Å². The second-order valence-corrected chi connectivity index (χ2v) is 3.64. The van der Waals surface area contributed by atoms with Crippen LogP contribution in [0.2, 0.25) is 0 Å². The second-order valence-electron chi connectivity index (χ2n) is 3.64. The van der Waals surface area contributed by atoms with Gasteiger partial charge in [0.05, 0.1) is 7.11 Å². The largest absolute Gasteiger partial charge is 0.496 e. The van der Waals surface area contributed by atoms with Crippen LogP contribution in [0.25, 0.3) is 0 Å². The van der Waals surface area contributed by atoms with Crippen molar-refractivity contribution in [1.29, 1.82) is 0 Å². The Kier molecular flexibility index (Phi) is 4.16. The summed E-state index contributed by atoms with van der Waals surface area (Å²) in [6.45, 7) is 2.01. The molecular weight excluding hydrogens is 190 g/mol. The first-order chi connectivity index (χ1) is 7.19. The van der Waals surface area contributed by atoms with Gasteiger partial charge in [0.15, 0.2) is 0 Å². The minimum absolute atomic E-state index is 0.179. The van der Waals surface area contributed by atoms with Crippen molar-refractivity contribution in [3.05, 3.63) is 29.8 Å². The highest BCUT2D eigenvalue weighted by molar-refractivity contribution is 5.47. The SMILES string of the molecule is COc1ccccc1CC(C)N(C)C=O. The molecule has 1 atom stereocenters. The summed E-state index contributed by atoms with van der Waals surface area (Å²) in [5.41, 5.74) is 1.13. The fourth-order valence-electron chi connectivity index (χ4n) is 1.44. The summed E-state index contributed by atoms with van der Waals surface area (Å²) >= 11 is 0. The Morgan fingerprint density at radius 2 is 2.13 bits per heavy atom. The first-order valence-corrected chi connectivity index (χ1v) is 4.98. The number of amides is 1. The molecule has 15 heavy (non-hydrogen) atoms. The molecule has 3 nitrogen and oxygen atoms in total. The fraction of sp³-hybridized carbons (Fsp3) is 0.417. The van der Waals surface area contributed by atoms with Crippen LogP contribution in [0.15, 0.2) is 24.3 Å². The van der Waals surface area contributed by atoms with Crippen LogP contribution in [0.5, 0.6) is 5.75 Å². The molecule has 0 N–H and O–H groups in total. The Hall–Kier alpha value is -1.51. The van der Waals surface area contributed by atoms with Crippen LogP contribution in [0.1, 0.15) is 12.5 Å². The van der Waals surface area contributed by atoms with Gasteiger partial charge in [-0.1, -0.05) is 18.2 Å². The quantitative estimate of drug-likeness (QED) is 0.688. The third kappa shape index (κ3) is 2.98. The highest BCUT2D eigenvalue weighted by atomic mass is 16.5. The van der Waals surface area contributed by atoms with Crippen LogP contribution in [0, 0.1) is 0 Å². The molecule has 82 valence electrons. The van der Waals surface area contributed by atoms with Gasteiger partial charge in [0.1, 0.15) is 5.75 Å². The molecular formula is C12H17NO2. The van der Waals surface area contributed by atoms with Crippen LogP contribution >= 0.6 is 0 Å². The molecule has 0 spiro atoms. The van der Waals surface area contributed by atoms with E-state index in [1.807, 2.05) is 31.2 Å². The molecule has 3 heteroatoms. The lowest BCUT2D eigenvalue weighted by atomic mass is 10.1. The molecule has 0 aliphatic rings. The Balaban J connectivity index is 2.75. The molecule has 0 radical (unpaired) electrons. The first-order valence-electron chi connectivity index (χ1n) is 4.98. The predicted octanol–water partition coefficient (Wildman–Crippen LogP) is 1.71. The minimum Gasteiger partial charge on any atom is -0.496 e. The number of rotatable bonds is 5. The molecule has 0 aliphatic carbocycles. The maximum absolute atomic E-state index is 10.6. The van der Waals surface area contributed by atoms with Gasteiger partial charge in [0.25, 0.3) is 0 Å². The topological polar surface area (TPSA) is 29.5 Å². The van der Waals surface area contributed by atoms with E-state index in [0.29, 0.717) is 0 Å². The summed E-state index contributed by atoms with van der Waals surface area (Å²) in [6.07, 6.45) is 1.65. The number of carbonyl (C=O) groups excluding carboxylic acids is 1. The zero-order valence-electron chi connectivity index (χ0n) is 9.43. The van der Waals surface area contributed by atoms with Crippen LogP contribution in [0.3, 0.4) is 0 Å². The smallest absolute Gasteiger partial charge is 0.209 e. The summed E-state index contributed by atoms with van der Waals surface area (Å²) in [7, 11) is 3.44. The van der Waals surface area contributed by atoms with Gasteiger partial charge in [-0.15, -0.1) is 0 Å². The van der Waals surface area contributed by atoms with E-state index in [0.717, 1.165) is 24.1 Å². The maximum Gasteiger partial charge on any atom is 0.209 e. The molecule has 1 aromatic rings. The van der Waals surface area contributed by atoms with Crippen molar-refractivity contribution in [2.45, 2.75) is 19.4 Å². The van der Waals surface area contributed by atoms with Crippen LogP contribution in [0.4, 0.5) is 0 Å². The number of ether oxygens (including phenoxy) is 1. The van der Waals surface area contributed by atoms with E-state index in [9.17, 15) is 4.79 Å². The molecule has 1 aromatic carbocycles. The minimum atomic E-state index is 0.179. The molecule has 0 saturated carbocycles. The standard InChI is InChI=1S/C12H17NO2/c1-10(13(2)9-14)8-11-6-4-5-7-12(11)15-3/h4-7,9-10H,8H2,1-3H3. The number of para-hydroxylation sites is 1. The van der Waals surface area contributed by atoms with E-state index in [1.54, 1.807) is 19.1 Å². The first kappa shape index (κ1) is 11.6. The van der Waals surface area contributed by atoms with E-state index < -0.39 is 0 Å². The highest BCUT2D eigenvalue weighted by Gasteiger charge is 2.10. The second kappa shape index (κ2) is 5.39. The Bertz CT molecular complexity index is 325. The number of likely N-dealkylation sites (N-methyl/N-ethyl adjacent to an activating group) is 1. The lowest BCUT2D eigenvalue weighted by Crippen LogP contribution is -2.29. The molecule has 0 saturated heterocycles. The Morgan fingerprint density at radius 3 is 2.73 bits per heavy atom. The van der Waals surface area contributed by atoms with E-state index in [1.165, 1.54) is 0 Å². The fourth-order valence-corrected chi connectivity index (χ4v) is 1.44. The number of methoxy groups -OCH3 is 1. The summed E-state index contributed by atoms with van der Waals surface area (Å²) in [6, 6.07) is 8.05. The van der Waals surface area contributed by atoms with Crippen molar-refractivity contribution >= 4 is 6.41 Å². The third-order valence-electron chi connectivity index (χ3n) is 2.57. The van der Waals surface area contributed by atoms with Gasteiger partial charge in [-0.2, -0.15) is 0 Å². The molecule has 1 unspecified atom stereocenters. The molecule has 0 bridgehead atoms. The molecule has 1 amide bonds. The van der Waals surface area contributed by atoms with Gasteiger partial charge in [0.2, 0.25) is 6.41 Å². The number of benzene rings is 1. The average molecular weight is 207 g/mol. The van der Waals surface area contributed by atoms with Gasteiger partial charge in [-0.3, -0.25) is 4.79 Å². The third-order valence-corrected chi connectivity index (χ3v) is 2.57. The zero-order chi connectivity index (χ0) is 11.3. The van der Waals surface area contributed by atoms with E-state index >= 15 is 0 Å². The summed E-state index contributed by atoms with van der Waals surface area (Å²) in [5.74, 6) is 0.878. The lowest BCUT2D eigenvalue weighted by Gasteiger charge is -2.21. The van der Waals surface area contributed by atoms with E-state index in [4.69, 9.17) is 4.74 Å². The average Bonchev–Trinajstić information content (AvgIpc) is 2.28. The number of nitrogens with zero attached hydrogens (tertiary/aromatic N) is 1.